The molecular formula is C28H47NO2. The lowest BCUT2D eigenvalue weighted by Crippen LogP contribution is -2.11. The highest BCUT2D eigenvalue weighted by Gasteiger charge is 2.07. The third-order valence-corrected chi connectivity index (χ3v) is 5.58. The van der Waals surface area contributed by atoms with Crippen LogP contribution in [0.4, 0.5) is 0 Å². The first-order valence-corrected chi connectivity index (χ1v) is 12.7. The van der Waals surface area contributed by atoms with E-state index in [1.165, 1.54) is 82.6 Å². The molecule has 0 aliphatic rings. The average Bonchev–Trinajstić information content (AvgIpc) is 2.76. The van der Waals surface area contributed by atoms with E-state index in [0.717, 1.165) is 19.4 Å². The molecule has 176 valence electrons. The van der Waals surface area contributed by atoms with Gasteiger partial charge in [0, 0.05) is 6.54 Å². The van der Waals surface area contributed by atoms with Crippen LogP contribution in [0.25, 0.3) is 0 Å². The Morgan fingerprint density at radius 1 is 0.774 bits per heavy atom. The summed E-state index contributed by atoms with van der Waals surface area (Å²) in [5, 5.41) is 0. The van der Waals surface area contributed by atoms with Crippen molar-refractivity contribution in [3.8, 4) is 0 Å². The smallest absolute Gasteiger partial charge is 0.338 e. The van der Waals surface area contributed by atoms with Crippen LogP contribution in [0.3, 0.4) is 0 Å². The second kappa shape index (κ2) is 19.1. The van der Waals surface area contributed by atoms with Crippen molar-refractivity contribution in [2.24, 2.45) is 0 Å². The van der Waals surface area contributed by atoms with Gasteiger partial charge in [0.2, 0.25) is 0 Å². The van der Waals surface area contributed by atoms with Crippen LogP contribution in [0.15, 0.2) is 36.4 Å². The highest BCUT2D eigenvalue weighted by atomic mass is 16.5. The van der Waals surface area contributed by atoms with Gasteiger partial charge < -0.3 is 9.64 Å². The molecule has 0 fully saturated rings. The second-order valence-electron chi connectivity index (χ2n) is 9.01. The Morgan fingerprint density at radius 2 is 1.29 bits per heavy atom. The molecule has 0 heterocycles. The van der Waals surface area contributed by atoms with Gasteiger partial charge in [0.25, 0.3) is 0 Å². The number of hydrogen-bond donors (Lipinski definition) is 0. The molecule has 3 heteroatoms. The van der Waals surface area contributed by atoms with Crippen molar-refractivity contribution in [3.63, 3.8) is 0 Å². The predicted molar refractivity (Wildman–Crippen MR) is 134 cm³/mol. The quantitative estimate of drug-likeness (QED) is 0.127. The lowest BCUT2D eigenvalue weighted by atomic mass is 10.1. The predicted octanol–water partition coefficient (Wildman–Crippen LogP) is 7.94. The number of carbonyl (C=O) groups is 1. The van der Waals surface area contributed by atoms with Gasteiger partial charge in [-0.3, -0.25) is 0 Å². The normalized spacial score (nSPS) is 11.5. The van der Waals surface area contributed by atoms with E-state index in [1.54, 1.807) is 0 Å². The monoisotopic (exact) mass is 429 g/mol. The van der Waals surface area contributed by atoms with Crippen LogP contribution in [0, 0.1) is 0 Å². The molecule has 0 saturated heterocycles. The lowest BCUT2D eigenvalue weighted by molar-refractivity contribution is 0.0497. The van der Waals surface area contributed by atoms with E-state index in [0.29, 0.717) is 12.2 Å². The van der Waals surface area contributed by atoms with Crippen molar-refractivity contribution in [1.29, 1.82) is 0 Å². The van der Waals surface area contributed by atoms with Crippen LogP contribution >= 0.6 is 0 Å². The van der Waals surface area contributed by atoms with Gasteiger partial charge >= 0.3 is 5.97 Å². The molecule has 0 amide bonds. The first-order valence-electron chi connectivity index (χ1n) is 12.7. The zero-order valence-corrected chi connectivity index (χ0v) is 20.5. The van der Waals surface area contributed by atoms with Crippen molar-refractivity contribution in [2.45, 2.75) is 103 Å². The average molecular weight is 430 g/mol. The summed E-state index contributed by atoms with van der Waals surface area (Å²) in [6.07, 6.45) is 22.7. The topological polar surface area (TPSA) is 29.5 Å². The van der Waals surface area contributed by atoms with Crippen LogP contribution in [-0.4, -0.2) is 31.6 Å². The van der Waals surface area contributed by atoms with E-state index < -0.39 is 0 Å². The molecule has 0 bridgehead atoms. The van der Waals surface area contributed by atoms with Crippen molar-refractivity contribution in [2.75, 3.05) is 20.7 Å². The number of allylic oxidation sites excluding steroid dienone is 2. The minimum absolute atomic E-state index is 0.204. The molecule has 0 spiro atoms. The van der Waals surface area contributed by atoms with Gasteiger partial charge in [0.05, 0.1) is 12.2 Å². The molecule has 0 N–H and O–H groups in total. The van der Waals surface area contributed by atoms with Gasteiger partial charge in [0.1, 0.15) is 0 Å². The summed E-state index contributed by atoms with van der Waals surface area (Å²) in [6, 6.07) is 7.73. The fourth-order valence-electron chi connectivity index (χ4n) is 3.71. The minimum atomic E-state index is -0.204. The fourth-order valence-corrected chi connectivity index (χ4v) is 3.71. The van der Waals surface area contributed by atoms with E-state index in [2.05, 4.69) is 24.0 Å². The molecule has 0 aliphatic heterocycles. The minimum Gasteiger partial charge on any atom is -0.462 e. The molecule has 3 nitrogen and oxygen atoms in total. The Labute approximate surface area is 192 Å². The number of nitrogens with zero attached hydrogens (tertiary/aromatic N) is 1. The number of unbranched alkanes of at least 4 members (excludes halogenated alkanes) is 12. The van der Waals surface area contributed by atoms with Gasteiger partial charge in [-0.1, -0.05) is 89.0 Å². The zero-order chi connectivity index (χ0) is 22.6. The molecule has 31 heavy (non-hydrogen) atoms. The summed E-state index contributed by atoms with van der Waals surface area (Å²) in [7, 11) is 4.08. The number of rotatable bonds is 19. The summed E-state index contributed by atoms with van der Waals surface area (Å²) in [4.78, 5) is 14.2. The van der Waals surface area contributed by atoms with E-state index in [1.807, 2.05) is 38.4 Å². The second-order valence-corrected chi connectivity index (χ2v) is 9.01. The van der Waals surface area contributed by atoms with Crippen LogP contribution in [-0.2, 0) is 11.3 Å². The molecule has 0 unspecified atom stereocenters. The van der Waals surface area contributed by atoms with Crippen molar-refractivity contribution >= 4 is 5.97 Å². The van der Waals surface area contributed by atoms with Crippen molar-refractivity contribution < 1.29 is 9.53 Å². The SMILES string of the molecule is CCCCCCCC/C=C/CCCCCCCCOC(=O)c1ccc(CN(C)C)cc1. The first-order chi connectivity index (χ1) is 15.1. The summed E-state index contributed by atoms with van der Waals surface area (Å²) in [6.45, 7) is 3.68. The number of ether oxygens (including phenoxy) is 1. The van der Waals surface area contributed by atoms with E-state index in [9.17, 15) is 4.79 Å². The van der Waals surface area contributed by atoms with Gasteiger partial charge in [0.15, 0.2) is 0 Å². The molecular weight excluding hydrogens is 382 g/mol. The maximum atomic E-state index is 12.1. The van der Waals surface area contributed by atoms with Gasteiger partial charge in [-0.15, -0.1) is 0 Å². The molecule has 0 radical (unpaired) electrons. The van der Waals surface area contributed by atoms with E-state index in [-0.39, 0.29) is 5.97 Å². The maximum absolute atomic E-state index is 12.1. The van der Waals surface area contributed by atoms with E-state index in [4.69, 9.17) is 4.74 Å². The number of benzene rings is 1. The summed E-state index contributed by atoms with van der Waals surface area (Å²) in [5.41, 5.74) is 1.85. The Bertz CT molecular complexity index is 577. The van der Waals surface area contributed by atoms with Crippen LogP contribution in [0.1, 0.15) is 113 Å². The summed E-state index contributed by atoms with van der Waals surface area (Å²) < 4.78 is 5.41. The van der Waals surface area contributed by atoms with Crippen LogP contribution in [0.5, 0.6) is 0 Å². The van der Waals surface area contributed by atoms with Crippen LogP contribution < -0.4 is 0 Å². The Hall–Kier alpha value is -1.61. The Kier molecular flexibility index (Phi) is 16.9. The van der Waals surface area contributed by atoms with E-state index >= 15 is 0 Å². The van der Waals surface area contributed by atoms with Crippen molar-refractivity contribution in [1.82, 2.24) is 4.90 Å². The number of carbonyl (C=O) groups excluding carboxylic acids is 1. The highest BCUT2D eigenvalue weighted by molar-refractivity contribution is 5.89. The lowest BCUT2D eigenvalue weighted by Gasteiger charge is -2.10. The number of hydrogen-bond acceptors (Lipinski definition) is 3. The molecule has 1 aromatic carbocycles. The van der Waals surface area contributed by atoms with Gasteiger partial charge in [-0.2, -0.15) is 0 Å². The van der Waals surface area contributed by atoms with Crippen molar-refractivity contribution in [3.05, 3.63) is 47.5 Å². The summed E-state index contributed by atoms with van der Waals surface area (Å²) in [5.74, 6) is -0.204. The van der Waals surface area contributed by atoms with Gasteiger partial charge in [-0.05, 0) is 63.9 Å². The largest absolute Gasteiger partial charge is 0.462 e. The van der Waals surface area contributed by atoms with Gasteiger partial charge in [-0.25, -0.2) is 4.79 Å². The molecule has 1 aromatic rings. The Morgan fingerprint density at radius 3 is 1.84 bits per heavy atom. The molecule has 0 aliphatic carbocycles. The standard InChI is InChI=1S/C28H47NO2/c1-4-5-6-7-8-9-10-11-12-13-14-15-16-17-18-19-24-31-28(30)27-22-20-26(21-23-27)25-29(2)3/h11-12,20-23H,4-10,13-19,24-25H2,1-3H3/b12-11+. The summed E-state index contributed by atoms with van der Waals surface area (Å²) >= 11 is 0. The molecule has 0 saturated carbocycles. The first kappa shape index (κ1) is 27.4. The zero-order valence-electron chi connectivity index (χ0n) is 20.5. The Balaban J connectivity index is 1.91. The van der Waals surface area contributed by atoms with Crippen LogP contribution in [0.2, 0.25) is 0 Å². The number of esters is 1. The molecule has 0 atom stereocenters. The maximum Gasteiger partial charge on any atom is 0.338 e. The fraction of sp³-hybridized carbons (Fsp3) is 0.679. The molecule has 0 aromatic heterocycles. The third-order valence-electron chi connectivity index (χ3n) is 5.58. The molecule has 1 rings (SSSR count). The third kappa shape index (κ3) is 15.8. The highest BCUT2D eigenvalue weighted by Crippen LogP contribution is 2.11.